The van der Waals surface area contributed by atoms with Gasteiger partial charge in [0.1, 0.15) is 0 Å². The first-order valence-electron chi connectivity index (χ1n) is 3.43. The molecule has 0 N–H and O–H groups in total. The van der Waals surface area contributed by atoms with Gasteiger partial charge in [-0.15, -0.1) is 0 Å². The number of rotatable bonds is 3. The highest BCUT2D eigenvalue weighted by Crippen LogP contribution is 2.23. The van der Waals surface area contributed by atoms with Crippen LogP contribution in [0, 0.1) is 0 Å². The van der Waals surface area contributed by atoms with E-state index in [1.807, 2.05) is 0 Å². The predicted octanol–water partition coefficient (Wildman–Crippen LogP) is 1.59. The zero-order chi connectivity index (χ0) is 7.56. The normalized spacial score (nSPS) is 29.7. The molecule has 2 atom stereocenters. The van der Waals surface area contributed by atoms with E-state index < -0.39 is 0 Å². The summed E-state index contributed by atoms with van der Waals surface area (Å²) in [5.74, 6) is 0. The average molecular weight is 179 g/mol. The lowest BCUT2D eigenvalue weighted by Crippen LogP contribution is -2.51. The SMILES string of the molecule is C[C@H](OSS)[C@@H]1CCN1C. The Kier molecular flexibility index (Phi) is 3.36. The molecule has 0 radical (unpaired) electrons. The zero-order valence-corrected chi connectivity index (χ0v) is 7.99. The van der Waals surface area contributed by atoms with Gasteiger partial charge in [-0.05, 0) is 26.9 Å². The van der Waals surface area contributed by atoms with Crippen molar-refractivity contribution in [1.29, 1.82) is 0 Å². The predicted molar refractivity (Wildman–Crippen MR) is 48.2 cm³/mol. The van der Waals surface area contributed by atoms with Crippen molar-refractivity contribution < 1.29 is 4.18 Å². The van der Waals surface area contributed by atoms with Gasteiger partial charge in [-0.1, -0.05) is 11.7 Å². The second-order valence-corrected chi connectivity index (χ2v) is 3.50. The molecule has 0 aliphatic carbocycles. The van der Waals surface area contributed by atoms with E-state index in [2.05, 4.69) is 30.5 Å². The molecule has 0 aromatic rings. The largest absolute Gasteiger partial charge is 0.301 e. The molecule has 0 unspecified atom stereocenters. The van der Waals surface area contributed by atoms with Gasteiger partial charge in [0.2, 0.25) is 0 Å². The average Bonchev–Trinajstić information content (AvgIpc) is 1.85. The first-order valence-corrected chi connectivity index (χ1v) is 5.22. The van der Waals surface area contributed by atoms with Crippen LogP contribution < -0.4 is 0 Å². The van der Waals surface area contributed by atoms with Crippen LogP contribution in [0.4, 0.5) is 0 Å². The summed E-state index contributed by atoms with van der Waals surface area (Å²) in [6.07, 6.45) is 1.56. The second kappa shape index (κ2) is 3.85. The van der Waals surface area contributed by atoms with Gasteiger partial charge in [-0.2, -0.15) is 0 Å². The Bertz CT molecular complexity index is 112. The fraction of sp³-hybridized carbons (Fsp3) is 1.00. The number of thiol groups is 1. The molecule has 2 nitrogen and oxygen atoms in total. The molecule has 0 aromatic carbocycles. The molecule has 0 bridgehead atoms. The Labute approximate surface area is 71.3 Å². The van der Waals surface area contributed by atoms with Crippen molar-refractivity contribution in [3.63, 3.8) is 0 Å². The van der Waals surface area contributed by atoms with Crippen LogP contribution in [0.3, 0.4) is 0 Å². The van der Waals surface area contributed by atoms with Crippen molar-refractivity contribution >= 4 is 22.7 Å². The van der Waals surface area contributed by atoms with E-state index in [0.29, 0.717) is 12.1 Å². The first kappa shape index (κ1) is 8.71. The van der Waals surface area contributed by atoms with Crippen molar-refractivity contribution in [2.75, 3.05) is 13.6 Å². The minimum Gasteiger partial charge on any atom is -0.301 e. The van der Waals surface area contributed by atoms with Crippen molar-refractivity contribution in [2.45, 2.75) is 25.5 Å². The third-order valence-corrected chi connectivity index (χ3v) is 2.73. The molecule has 60 valence electrons. The summed E-state index contributed by atoms with van der Waals surface area (Å²) >= 11 is 5.08. The smallest absolute Gasteiger partial charge is 0.0859 e. The minimum atomic E-state index is 0.307. The van der Waals surface area contributed by atoms with E-state index in [1.165, 1.54) is 13.0 Å². The maximum absolute atomic E-state index is 5.26. The van der Waals surface area contributed by atoms with Crippen LogP contribution in [-0.2, 0) is 4.18 Å². The van der Waals surface area contributed by atoms with Crippen LogP contribution in [-0.4, -0.2) is 30.6 Å². The molecule has 4 heteroatoms. The molecule has 1 aliphatic heterocycles. The molecule has 0 spiro atoms. The third kappa shape index (κ3) is 1.81. The number of likely N-dealkylation sites (tertiary alicyclic amines) is 1. The molecular formula is C6H13NOS2. The molecule has 1 saturated heterocycles. The van der Waals surface area contributed by atoms with Crippen molar-refractivity contribution in [3.8, 4) is 0 Å². The van der Waals surface area contributed by atoms with Crippen LogP contribution in [0.15, 0.2) is 0 Å². The van der Waals surface area contributed by atoms with E-state index in [1.54, 1.807) is 0 Å². The number of nitrogens with zero attached hydrogens (tertiary/aromatic N) is 1. The maximum atomic E-state index is 5.26. The maximum Gasteiger partial charge on any atom is 0.0859 e. The molecule has 1 rings (SSSR count). The summed E-state index contributed by atoms with van der Waals surface area (Å²) in [5.41, 5.74) is 0. The van der Waals surface area contributed by atoms with Gasteiger partial charge >= 0.3 is 0 Å². The molecule has 1 aliphatic rings. The Morgan fingerprint density at radius 2 is 2.50 bits per heavy atom. The van der Waals surface area contributed by atoms with Gasteiger partial charge < -0.3 is 9.08 Å². The summed E-state index contributed by atoms with van der Waals surface area (Å²) in [6, 6.07) is 0.611. The minimum absolute atomic E-state index is 0.307. The summed E-state index contributed by atoms with van der Waals surface area (Å²) in [6.45, 7) is 3.29. The number of hydrogen-bond acceptors (Lipinski definition) is 4. The van der Waals surface area contributed by atoms with Crippen molar-refractivity contribution in [3.05, 3.63) is 0 Å². The van der Waals surface area contributed by atoms with Crippen molar-refractivity contribution in [2.24, 2.45) is 0 Å². The van der Waals surface area contributed by atoms with Gasteiger partial charge in [-0.25, -0.2) is 0 Å². The highest BCUT2D eigenvalue weighted by atomic mass is 33.1. The highest BCUT2D eigenvalue weighted by molar-refractivity contribution is 8.66. The molecule has 10 heavy (non-hydrogen) atoms. The highest BCUT2D eigenvalue weighted by Gasteiger charge is 2.29. The topological polar surface area (TPSA) is 12.5 Å². The van der Waals surface area contributed by atoms with Gasteiger partial charge in [0.25, 0.3) is 0 Å². The van der Waals surface area contributed by atoms with Gasteiger partial charge in [0, 0.05) is 6.04 Å². The second-order valence-electron chi connectivity index (χ2n) is 2.71. The van der Waals surface area contributed by atoms with Crippen molar-refractivity contribution in [1.82, 2.24) is 4.90 Å². The van der Waals surface area contributed by atoms with Crippen LogP contribution in [0.5, 0.6) is 0 Å². The molecule has 0 amide bonds. The fourth-order valence-corrected chi connectivity index (χ4v) is 1.93. The van der Waals surface area contributed by atoms with E-state index in [0.717, 1.165) is 11.1 Å². The van der Waals surface area contributed by atoms with Crippen LogP contribution in [0.1, 0.15) is 13.3 Å². The Balaban J connectivity index is 2.20. The summed E-state index contributed by atoms with van der Waals surface area (Å²) in [4.78, 5) is 2.30. The molecule has 0 aromatic heterocycles. The third-order valence-electron chi connectivity index (χ3n) is 2.08. The summed E-state index contributed by atoms with van der Waals surface area (Å²) in [7, 11) is 2.12. The van der Waals surface area contributed by atoms with Gasteiger partial charge in [0.05, 0.1) is 17.2 Å². The quantitative estimate of drug-likeness (QED) is 0.401. The summed E-state index contributed by atoms with van der Waals surface area (Å²) in [5, 5.41) is 0. The molecule has 0 saturated carbocycles. The van der Waals surface area contributed by atoms with E-state index in [9.17, 15) is 0 Å². The Morgan fingerprint density at radius 1 is 1.80 bits per heavy atom. The Hall–Kier alpha value is 0.620. The first-order chi connectivity index (χ1) is 4.75. The van der Waals surface area contributed by atoms with Gasteiger partial charge in [0.15, 0.2) is 0 Å². The lowest BCUT2D eigenvalue weighted by molar-refractivity contribution is 0.0381. The summed E-state index contributed by atoms with van der Waals surface area (Å²) < 4.78 is 5.26. The lowest BCUT2D eigenvalue weighted by atomic mass is 10.00. The van der Waals surface area contributed by atoms with E-state index in [-0.39, 0.29) is 0 Å². The fourth-order valence-electron chi connectivity index (χ4n) is 1.26. The van der Waals surface area contributed by atoms with Crippen LogP contribution in [0.2, 0.25) is 0 Å². The Morgan fingerprint density at radius 3 is 2.80 bits per heavy atom. The zero-order valence-electron chi connectivity index (χ0n) is 6.28. The van der Waals surface area contributed by atoms with Crippen LogP contribution >= 0.6 is 22.7 Å². The molecule has 1 fully saturated rings. The number of hydrogen-bond donors (Lipinski definition) is 1. The van der Waals surface area contributed by atoms with E-state index in [4.69, 9.17) is 4.18 Å². The number of likely N-dealkylation sites (N-methyl/N-ethyl adjacent to an activating group) is 1. The van der Waals surface area contributed by atoms with Crippen LogP contribution in [0.25, 0.3) is 0 Å². The standard InChI is InChI=1S/C6H13NOS2/c1-5(8-10-9)6-3-4-7(6)2/h5-6,9H,3-4H2,1-2H3/t5-,6-/m0/s1. The van der Waals surface area contributed by atoms with E-state index >= 15 is 0 Å². The monoisotopic (exact) mass is 179 g/mol. The lowest BCUT2D eigenvalue weighted by Gasteiger charge is -2.40. The van der Waals surface area contributed by atoms with Gasteiger partial charge in [-0.3, -0.25) is 0 Å². The molecular weight excluding hydrogens is 166 g/mol. The molecule has 1 heterocycles.